The third kappa shape index (κ3) is 1.82. The molecule has 0 N–H and O–H groups in total. The summed E-state index contributed by atoms with van der Waals surface area (Å²) < 4.78 is 25.1. The lowest BCUT2D eigenvalue weighted by Gasteiger charge is -2.24. The molecular formula is C9H14F2O. The minimum atomic E-state index is -2.48. The van der Waals surface area contributed by atoms with Crippen LogP contribution in [-0.4, -0.2) is 12.7 Å². The molecular weight excluding hydrogens is 162 g/mol. The van der Waals surface area contributed by atoms with Crippen LogP contribution >= 0.6 is 0 Å². The topological polar surface area (TPSA) is 17.1 Å². The van der Waals surface area contributed by atoms with Gasteiger partial charge in [-0.05, 0) is 12.8 Å². The van der Waals surface area contributed by atoms with E-state index >= 15 is 0 Å². The molecule has 1 fully saturated rings. The lowest BCUT2D eigenvalue weighted by molar-refractivity contribution is -0.126. The van der Waals surface area contributed by atoms with E-state index in [9.17, 15) is 13.6 Å². The smallest absolute Gasteiger partial charge is 0.250 e. The number of rotatable bonds is 2. The number of halogens is 2. The molecule has 0 atom stereocenters. The van der Waals surface area contributed by atoms with E-state index in [-0.39, 0.29) is 0 Å². The number of hydrogen-bond donors (Lipinski definition) is 0. The van der Waals surface area contributed by atoms with Crippen molar-refractivity contribution in [2.75, 3.05) is 0 Å². The maximum atomic E-state index is 12.5. The summed E-state index contributed by atoms with van der Waals surface area (Å²) in [5, 5.41) is 0. The quantitative estimate of drug-likeness (QED) is 0.467. The van der Waals surface area contributed by atoms with Crippen LogP contribution in [0.2, 0.25) is 0 Å². The van der Waals surface area contributed by atoms with Gasteiger partial charge in [0.25, 0.3) is 6.43 Å². The summed E-state index contributed by atoms with van der Waals surface area (Å²) in [5.41, 5.74) is -1.31. The Balaban J connectivity index is 2.67. The maximum absolute atomic E-state index is 12.5. The predicted octanol–water partition coefficient (Wildman–Crippen LogP) is 2.79. The molecule has 0 bridgehead atoms. The van der Waals surface area contributed by atoms with Gasteiger partial charge in [-0.2, -0.15) is 0 Å². The molecule has 0 spiro atoms. The van der Waals surface area contributed by atoms with Crippen LogP contribution in [-0.2, 0) is 4.79 Å². The van der Waals surface area contributed by atoms with E-state index in [1.807, 2.05) is 0 Å². The Kier molecular flexibility index (Phi) is 3.18. The Morgan fingerprint density at radius 3 is 1.92 bits per heavy atom. The van der Waals surface area contributed by atoms with Crippen molar-refractivity contribution in [1.29, 1.82) is 0 Å². The largest absolute Gasteiger partial charge is 0.303 e. The van der Waals surface area contributed by atoms with Gasteiger partial charge in [-0.1, -0.05) is 25.7 Å². The van der Waals surface area contributed by atoms with Crippen molar-refractivity contribution in [1.82, 2.24) is 0 Å². The Bertz CT molecular complexity index is 149. The van der Waals surface area contributed by atoms with Crippen molar-refractivity contribution in [3.8, 4) is 0 Å². The van der Waals surface area contributed by atoms with Crippen LogP contribution in [0.3, 0.4) is 0 Å². The van der Waals surface area contributed by atoms with Crippen LogP contribution in [0.1, 0.15) is 38.5 Å². The van der Waals surface area contributed by atoms with E-state index in [2.05, 4.69) is 0 Å². The fourth-order valence-corrected chi connectivity index (χ4v) is 1.77. The summed E-state index contributed by atoms with van der Waals surface area (Å²) in [6, 6.07) is 0. The first-order valence-corrected chi connectivity index (χ1v) is 4.46. The van der Waals surface area contributed by atoms with Gasteiger partial charge in [0.1, 0.15) is 6.29 Å². The van der Waals surface area contributed by atoms with Crippen molar-refractivity contribution >= 4 is 6.29 Å². The minimum absolute atomic E-state index is 0.369. The van der Waals surface area contributed by atoms with Gasteiger partial charge in [0.05, 0.1) is 5.41 Å². The first kappa shape index (κ1) is 9.62. The third-order valence-corrected chi connectivity index (χ3v) is 2.70. The number of aldehydes is 1. The van der Waals surface area contributed by atoms with Crippen LogP contribution < -0.4 is 0 Å². The second-order valence-corrected chi connectivity index (χ2v) is 3.57. The molecule has 1 rings (SSSR count). The SMILES string of the molecule is O=CC1(C(F)F)CCCCCC1. The molecule has 0 unspecified atom stereocenters. The number of carbonyl (C=O) groups is 1. The standard InChI is InChI=1S/C9H14F2O/c10-8(11)9(7-12)5-3-1-2-4-6-9/h7-8H,1-6H2. The van der Waals surface area contributed by atoms with Crippen LogP contribution in [0.5, 0.6) is 0 Å². The van der Waals surface area contributed by atoms with Crippen LogP contribution in [0.25, 0.3) is 0 Å². The Labute approximate surface area is 71.1 Å². The number of hydrogen-bond acceptors (Lipinski definition) is 1. The molecule has 1 nitrogen and oxygen atoms in total. The highest BCUT2D eigenvalue weighted by atomic mass is 19.3. The van der Waals surface area contributed by atoms with E-state index in [1.54, 1.807) is 0 Å². The average molecular weight is 176 g/mol. The predicted molar refractivity (Wildman–Crippen MR) is 42.2 cm³/mol. The van der Waals surface area contributed by atoms with Gasteiger partial charge in [0.15, 0.2) is 0 Å². The zero-order valence-electron chi connectivity index (χ0n) is 7.06. The van der Waals surface area contributed by atoms with Crippen LogP contribution in [0.4, 0.5) is 8.78 Å². The normalized spacial score (nSPS) is 23.6. The van der Waals surface area contributed by atoms with Crippen molar-refractivity contribution in [2.24, 2.45) is 5.41 Å². The fraction of sp³-hybridized carbons (Fsp3) is 0.889. The monoisotopic (exact) mass is 176 g/mol. The summed E-state index contributed by atoms with van der Waals surface area (Å²) in [7, 11) is 0. The van der Waals surface area contributed by atoms with Crippen LogP contribution in [0.15, 0.2) is 0 Å². The first-order valence-electron chi connectivity index (χ1n) is 4.46. The van der Waals surface area contributed by atoms with Crippen molar-refractivity contribution in [2.45, 2.75) is 45.0 Å². The fourth-order valence-electron chi connectivity index (χ4n) is 1.77. The van der Waals surface area contributed by atoms with E-state index in [0.29, 0.717) is 19.1 Å². The maximum Gasteiger partial charge on any atom is 0.250 e. The van der Waals surface area contributed by atoms with E-state index in [4.69, 9.17) is 0 Å². The van der Waals surface area contributed by atoms with E-state index < -0.39 is 11.8 Å². The highest BCUT2D eigenvalue weighted by Gasteiger charge is 2.39. The second kappa shape index (κ2) is 3.97. The average Bonchev–Trinajstić information content (AvgIpc) is 2.29. The first-order chi connectivity index (χ1) is 5.71. The molecule has 0 heterocycles. The number of alkyl halides is 2. The lowest BCUT2D eigenvalue weighted by Crippen LogP contribution is -2.30. The highest BCUT2D eigenvalue weighted by Crippen LogP contribution is 2.38. The summed E-state index contributed by atoms with van der Waals surface area (Å²) in [6.07, 6.45) is 2.25. The van der Waals surface area contributed by atoms with Gasteiger partial charge in [0, 0.05) is 0 Å². The van der Waals surface area contributed by atoms with Crippen molar-refractivity contribution in [3.05, 3.63) is 0 Å². The Morgan fingerprint density at radius 2 is 1.58 bits per heavy atom. The van der Waals surface area contributed by atoms with Crippen molar-refractivity contribution < 1.29 is 13.6 Å². The van der Waals surface area contributed by atoms with Gasteiger partial charge in [-0.25, -0.2) is 8.78 Å². The summed E-state index contributed by atoms with van der Waals surface area (Å²) in [6.45, 7) is 0. The Morgan fingerprint density at radius 1 is 1.08 bits per heavy atom. The molecule has 0 aromatic carbocycles. The van der Waals surface area contributed by atoms with E-state index in [0.717, 1.165) is 25.7 Å². The molecule has 0 aliphatic heterocycles. The van der Waals surface area contributed by atoms with Gasteiger partial charge in [-0.3, -0.25) is 0 Å². The Hall–Kier alpha value is -0.470. The lowest BCUT2D eigenvalue weighted by atomic mass is 9.82. The molecule has 0 aromatic rings. The zero-order chi connectivity index (χ0) is 9.03. The van der Waals surface area contributed by atoms with E-state index in [1.165, 1.54) is 0 Å². The molecule has 0 saturated heterocycles. The molecule has 1 aliphatic carbocycles. The summed E-state index contributed by atoms with van der Waals surface area (Å²) in [4.78, 5) is 10.6. The molecule has 70 valence electrons. The molecule has 0 amide bonds. The second-order valence-electron chi connectivity index (χ2n) is 3.57. The van der Waals surface area contributed by atoms with Crippen molar-refractivity contribution in [3.63, 3.8) is 0 Å². The molecule has 0 aromatic heterocycles. The number of carbonyl (C=O) groups excluding carboxylic acids is 1. The molecule has 1 aliphatic rings. The third-order valence-electron chi connectivity index (χ3n) is 2.70. The molecule has 1 saturated carbocycles. The summed E-state index contributed by atoms with van der Waals surface area (Å²) in [5.74, 6) is 0. The highest BCUT2D eigenvalue weighted by molar-refractivity contribution is 5.60. The van der Waals surface area contributed by atoms with Gasteiger partial charge >= 0.3 is 0 Å². The van der Waals surface area contributed by atoms with Gasteiger partial charge in [0.2, 0.25) is 0 Å². The van der Waals surface area contributed by atoms with Gasteiger partial charge in [-0.15, -0.1) is 0 Å². The summed E-state index contributed by atoms with van der Waals surface area (Å²) >= 11 is 0. The zero-order valence-corrected chi connectivity index (χ0v) is 7.06. The molecule has 12 heavy (non-hydrogen) atoms. The van der Waals surface area contributed by atoms with Gasteiger partial charge < -0.3 is 4.79 Å². The molecule has 0 radical (unpaired) electrons. The van der Waals surface area contributed by atoms with Crippen LogP contribution in [0, 0.1) is 5.41 Å². The molecule has 3 heteroatoms. The minimum Gasteiger partial charge on any atom is -0.303 e.